The summed E-state index contributed by atoms with van der Waals surface area (Å²) in [4.78, 5) is 27.9. The average Bonchev–Trinajstić information content (AvgIpc) is 3.03. The van der Waals surface area contributed by atoms with E-state index < -0.39 is 17.9 Å². The third-order valence-corrected chi connectivity index (χ3v) is 3.74. The highest BCUT2D eigenvalue weighted by atomic mass is 32.1. The van der Waals surface area contributed by atoms with Crippen LogP contribution in [0.5, 0.6) is 0 Å². The maximum Gasteiger partial charge on any atom is 0.326 e. The minimum atomic E-state index is -1.06. The van der Waals surface area contributed by atoms with Crippen molar-refractivity contribution in [1.82, 2.24) is 10.3 Å². The molecule has 0 fully saturated rings. The minimum Gasteiger partial charge on any atom is -0.480 e. The SMILES string of the molecule is CCC(NC(=O)c1nc(-c2ccco2)sc1C)C(=O)O. The van der Waals surface area contributed by atoms with Crippen molar-refractivity contribution < 1.29 is 19.1 Å². The molecule has 0 bridgehead atoms. The van der Waals surface area contributed by atoms with Crippen LogP contribution >= 0.6 is 11.3 Å². The lowest BCUT2D eigenvalue weighted by molar-refractivity contribution is -0.139. The van der Waals surface area contributed by atoms with E-state index in [0.29, 0.717) is 22.1 Å². The first-order chi connectivity index (χ1) is 9.52. The van der Waals surface area contributed by atoms with Crippen LogP contribution in [-0.4, -0.2) is 28.0 Å². The fourth-order valence-electron chi connectivity index (χ4n) is 1.68. The number of rotatable bonds is 5. The molecule has 0 aromatic carbocycles. The fourth-order valence-corrected chi connectivity index (χ4v) is 2.56. The van der Waals surface area contributed by atoms with Crippen molar-refractivity contribution in [2.45, 2.75) is 26.3 Å². The van der Waals surface area contributed by atoms with Crippen molar-refractivity contribution in [3.8, 4) is 10.8 Å². The number of carbonyl (C=O) groups is 2. The van der Waals surface area contributed by atoms with Crippen molar-refractivity contribution in [3.05, 3.63) is 29.0 Å². The van der Waals surface area contributed by atoms with Crippen LogP contribution in [0.15, 0.2) is 22.8 Å². The van der Waals surface area contributed by atoms with Gasteiger partial charge in [0.1, 0.15) is 11.7 Å². The van der Waals surface area contributed by atoms with Gasteiger partial charge in [0.05, 0.1) is 6.26 Å². The van der Waals surface area contributed by atoms with Gasteiger partial charge >= 0.3 is 5.97 Å². The summed E-state index contributed by atoms with van der Waals surface area (Å²) < 4.78 is 5.23. The number of hydrogen-bond acceptors (Lipinski definition) is 5. The zero-order valence-electron chi connectivity index (χ0n) is 11.0. The van der Waals surface area contributed by atoms with Crippen molar-refractivity contribution in [2.75, 3.05) is 0 Å². The summed E-state index contributed by atoms with van der Waals surface area (Å²) in [5.41, 5.74) is 0.237. The molecule has 0 spiro atoms. The van der Waals surface area contributed by atoms with E-state index in [1.54, 1.807) is 26.0 Å². The van der Waals surface area contributed by atoms with Gasteiger partial charge in [0.2, 0.25) is 0 Å². The molecule has 1 unspecified atom stereocenters. The Balaban J connectivity index is 2.21. The third kappa shape index (κ3) is 2.88. The first-order valence-electron chi connectivity index (χ1n) is 6.08. The Morgan fingerprint density at radius 2 is 2.30 bits per heavy atom. The van der Waals surface area contributed by atoms with E-state index in [2.05, 4.69) is 10.3 Å². The second kappa shape index (κ2) is 5.87. The van der Waals surface area contributed by atoms with Gasteiger partial charge in [-0.05, 0) is 25.5 Å². The molecule has 7 heteroatoms. The van der Waals surface area contributed by atoms with Gasteiger partial charge in [-0.15, -0.1) is 11.3 Å². The molecule has 0 radical (unpaired) electrons. The number of aromatic nitrogens is 1. The molecule has 2 heterocycles. The lowest BCUT2D eigenvalue weighted by Crippen LogP contribution is -2.40. The van der Waals surface area contributed by atoms with Gasteiger partial charge in [0.25, 0.3) is 5.91 Å². The summed E-state index contributed by atoms with van der Waals surface area (Å²) in [5, 5.41) is 12.0. The van der Waals surface area contributed by atoms with Crippen LogP contribution in [0.25, 0.3) is 10.8 Å². The molecule has 0 aliphatic heterocycles. The number of hydrogen-bond donors (Lipinski definition) is 2. The van der Waals surface area contributed by atoms with Crippen LogP contribution in [0.3, 0.4) is 0 Å². The summed E-state index contributed by atoms with van der Waals surface area (Å²) >= 11 is 1.33. The van der Waals surface area contributed by atoms with Crippen LogP contribution in [0.4, 0.5) is 0 Å². The Hall–Kier alpha value is -2.15. The number of nitrogens with one attached hydrogen (secondary N) is 1. The largest absolute Gasteiger partial charge is 0.480 e. The topological polar surface area (TPSA) is 92.4 Å². The van der Waals surface area contributed by atoms with Crippen LogP contribution in [0.1, 0.15) is 28.7 Å². The van der Waals surface area contributed by atoms with Gasteiger partial charge < -0.3 is 14.8 Å². The van der Waals surface area contributed by atoms with Crippen LogP contribution in [-0.2, 0) is 4.79 Å². The Labute approximate surface area is 119 Å². The molecule has 2 aromatic heterocycles. The van der Waals surface area contributed by atoms with E-state index in [0.717, 1.165) is 0 Å². The van der Waals surface area contributed by atoms with Crippen molar-refractivity contribution in [3.63, 3.8) is 0 Å². The van der Waals surface area contributed by atoms with Crippen LogP contribution in [0, 0.1) is 6.92 Å². The second-order valence-electron chi connectivity index (χ2n) is 4.17. The molecule has 1 amide bonds. The van der Waals surface area contributed by atoms with E-state index in [1.165, 1.54) is 17.6 Å². The number of amides is 1. The highest BCUT2D eigenvalue weighted by Crippen LogP contribution is 2.27. The molecule has 2 aromatic rings. The standard InChI is InChI=1S/C13H14N2O4S/c1-3-8(13(17)18)14-11(16)10-7(2)20-12(15-10)9-5-4-6-19-9/h4-6,8H,3H2,1-2H3,(H,14,16)(H,17,18). The van der Waals surface area contributed by atoms with Crippen LogP contribution < -0.4 is 5.32 Å². The highest BCUT2D eigenvalue weighted by molar-refractivity contribution is 7.15. The average molecular weight is 294 g/mol. The monoisotopic (exact) mass is 294 g/mol. The minimum absolute atomic E-state index is 0.237. The number of aryl methyl sites for hydroxylation is 1. The van der Waals surface area contributed by atoms with Gasteiger partial charge in [-0.1, -0.05) is 6.92 Å². The first-order valence-corrected chi connectivity index (χ1v) is 6.89. The maximum absolute atomic E-state index is 12.1. The van der Waals surface area contributed by atoms with Crippen molar-refractivity contribution >= 4 is 23.2 Å². The molecule has 0 aliphatic carbocycles. The zero-order chi connectivity index (χ0) is 14.7. The molecule has 106 valence electrons. The predicted octanol–water partition coefficient (Wildman–Crippen LogP) is 2.30. The fraction of sp³-hybridized carbons (Fsp3) is 0.308. The van der Waals surface area contributed by atoms with E-state index in [9.17, 15) is 9.59 Å². The van der Waals surface area contributed by atoms with E-state index in [4.69, 9.17) is 9.52 Å². The Morgan fingerprint density at radius 3 is 2.85 bits per heavy atom. The first kappa shape index (κ1) is 14.3. The van der Waals surface area contributed by atoms with Gasteiger partial charge in [-0.2, -0.15) is 0 Å². The lowest BCUT2D eigenvalue weighted by atomic mass is 10.2. The molecule has 2 rings (SSSR count). The van der Waals surface area contributed by atoms with Crippen molar-refractivity contribution in [1.29, 1.82) is 0 Å². The number of nitrogens with zero attached hydrogens (tertiary/aromatic N) is 1. The van der Waals surface area contributed by atoms with Crippen molar-refractivity contribution in [2.24, 2.45) is 0 Å². The lowest BCUT2D eigenvalue weighted by Gasteiger charge is -2.11. The summed E-state index contributed by atoms with van der Waals surface area (Å²) in [5.74, 6) is -0.951. The molecule has 0 saturated heterocycles. The predicted molar refractivity (Wildman–Crippen MR) is 73.7 cm³/mol. The van der Waals surface area contributed by atoms with Gasteiger partial charge in [-0.25, -0.2) is 9.78 Å². The summed E-state index contributed by atoms with van der Waals surface area (Å²) in [6.45, 7) is 3.46. The summed E-state index contributed by atoms with van der Waals surface area (Å²) in [6.07, 6.45) is 1.85. The summed E-state index contributed by atoms with van der Waals surface area (Å²) in [7, 11) is 0. The molecule has 0 saturated carbocycles. The number of carboxylic acids is 1. The molecule has 20 heavy (non-hydrogen) atoms. The molecule has 1 atom stereocenters. The maximum atomic E-state index is 12.1. The Kier molecular flexibility index (Phi) is 4.19. The van der Waals surface area contributed by atoms with Gasteiger partial charge in [0, 0.05) is 4.88 Å². The van der Waals surface area contributed by atoms with Crippen LogP contribution in [0.2, 0.25) is 0 Å². The van der Waals surface area contributed by atoms with Gasteiger partial charge in [0.15, 0.2) is 10.8 Å². The normalized spacial score (nSPS) is 12.1. The summed E-state index contributed by atoms with van der Waals surface area (Å²) in [6, 6.07) is 2.59. The number of carboxylic acid groups (broad SMARTS) is 1. The zero-order valence-corrected chi connectivity index (χ0v) is 11.9. The number of furan rings is 1. The van der Waals surface area contributed by atoms with E-state index in [1.807, 2.05) is 0 Å². The molecular weight excluding hydrogens is 280 g/mol. The molecule has 6 nitrogen and oxygen atoms in total. The Bertz CT molecular complexity index is 618. The number of thiazole rings is 1. The number of carbonyl (C=O) groups excluding carboxylic acids is 1. The molecular formula is C13H14N2O4S. The molecule has 2 N–H and O–H groups in total. The molecule has 0 aliphatic rings. The van der Waals surface area contributed by atoms with E-state index >= 15 is 0 Å². The Morgan fingerprint density at radius 1 is 1.55 bits per heavy atom. The quantitative estimate of drug-likeness (QED) is 0.882. The number of aliphatic carboxylic acids is 1. The highest BCUT2D eigenvalue weighted by Gasteiger charge is 2.22. The third-order valence-electron chi connectivity index (χ3n) is 2.76. The smallest absolute Gasteiger partial charge is 0.326 e. The van der Waals surface area contributed by atoms with Gasteiger partial charge in [-0.3, -0.25) is 4.79 Å². The second-order valence-corrected chi connectivity index (χ2v) is 5.38. The van der Waals surface area contributed by atoms with E-state index in [-0.39, 0.29) is 5.69 Å².